The molecule has 1 amide bonds. The quantitative estimate of drug-likeness (QED) is 0.776. The predicted octanol–water partition coefficient (Wildman–Crippen LogP) is 0.749. The molecule has 6 heteroatoms. The molecular weight excluding hydrogens is 268 g/mol. The van der Waals surface area contributed by atoms with E-state index in [4.69, 9.17) is 15.2 Å². The molecule has 0 aliphatic heterocycles. The van der Waals surface area contributed by atoms with Crippen LogP contribution in [0.3, 0.4) is 0 Å². The molecule has 0 radical (unpaired) electrons. The molecule has 1 aromatic rings. The van der Waals surface area contributed by atoms with Crippen LogP contribution in [0.25, 0.3) is 0 Å². The van der Waals surface area contributed by atoms with Gasteiger partial charge in [0.2, 0.25) is 5.91 Å². The highest BCUT2D eigenvalue weighted by Crippen LogP contribution is 2.11. The van der Waals surface area contributed by atoms with Gasteiger partial charge in [0.1, 0.15) is 11.8 Å². The van der Waals surface area contributed by atoms with Crippen LogP contribution in [0.4, 0.5) is 0 Å². The number of rotatable bonds is 7. The zero-order chi connectivity index (χ0) is 13.4. The second-order valence-corrected chi connectivity index (χ2v) is 3.95. The second-order valence-electron chi connectivity index (χ2n) is 3.95. The molecule has 0 saturated carbocycles. The first-order chi connectivity index (χ1) is 8.67. The van der Waals surface area contributed by atoms with E-state index in [1.165, 1.54) is 7.11 Å². The molecule has 0 saturated heterocycles. The van der Waals surface area contributed by atoms with Crippen molar-refractivity contribution in [2.24, 2.45) is 5.73 Å². The van der Waals surface area contributed by atoms with Crippen molar-refractivity contribution in [3.8, 4) is 5.75 Å². The molecular formula is C13H21ClN2O3. The van der Waals surface area contributed by atoms with Crippen molar-refractivity contribution in [1.82, 2.24) is 5.32 Å². The summed E-state index contributed by atoms with van der Waals surface area (Å²) in [6.45, 7) is 0.789. The summed E-state index contributed by atoms with van der Waals surface area (Å²) in [7, 11) is 3.15. The number of carbonyl (C=O) groups excluding carboxylic acids is 1. The number of nitrogens with two attached hydrogens (primary N) is 1. The van der Waals surface area contributed by atoms with Crippen LogP contribution in [0.5, 0.6) is 5.75 Å². The number of benzene rings is 1. The fraction of sp³-hybridized carbons (Fsp3) is 0.462. The highest BCUT2D eigenvalue weighted by molar-refractivity contribution is 5.85. The number of halogens is 1. The maximum Gasteiger partial charge on any atom is 0.239 e. The fourth-order valence-electron chi connectivity index (χ4n) is 1.51. The highest BCUT2D eigenvalue weighted by Gasteiger charge is 2.11. The molecule has 0 aliphatic rings. The van der Waals surface area contributed by atoms with Crippen LogP contribution in [0, 0.1) is 0 Å². The summed E-state index contributed by atoms with van der Waals surface area (Å²) in [5, 5.41) is 2.77. The number of ether oxygens (including phenoxy) is 2. The van der Waals surface area contributed by atoms with E-state index in [0.29, 0.717) is 6.54 Å². The maximum absolute atomic E-state index is 11.5. The standard InChI is InChI=1S/C13H20N2O3.ClH/c1-17-9-12(14)13(16)15-8-7-10-3-5-11(18-2)6-4-10;/h3-6,12H,7-9,14H2,1-2H3,(H,15,16);1H. The van der Waals surface area contributed by atoms with Gasteiger partial charge in [-0.1, -0.05) is 12.1 Å². The van der Waals surface area contributed by atoms with Crippen molar-refractivity contribution in [1.29, 1.82) is 0 Å². The first kappa shape index (κ1) is 17.7. The Morgan fingerprint density at radius 3 is 2.47 bits per heavy atom. The minimum Gasteiger partial charge on any atom is -0.497 e. The lowest BCUT2D eigenvalue weighted by Crippen LogP contribution is -2.44. The topological polar surface area (TPSA) is 73.6 Å². The smallest absolute Gasteiger partial charge is 0.239 e. The van der Waals surface area contributed by atoms with Crippen LogP contribution in [-0.2, 0) is 16.0 Å². The Balaban J connectivity index is 0.00000324. The van der Waals surface area contributed by atoms with Crippen LogP contribution >= 0.6 is 12.4 Å². The molecule has 0 spiro atoms. The molecule has 0 aliphatic carbocycles. The Morgan fingerprint density at radius 1 is 1.32 bits per heavy atom. The number of hydrogen-bond acceptors (Lipinski definition) is 4. The lowest BCUT2D eigenvalue weighted by molar-refractivity contribution is -0.123. The van der Waals surface area contributed by atoms with Gasteiger partial charge in [-0.25, -0.2) is 0 Å². The first-order valence-corrected chi connectivity index (χ1v) is 5.82. The Kier molecular flexibility index (Phi) is 8.95. The van der Waals surface area contributed by atoms with Crippen molar-refractivity contribution in [2.75, 3.05) is 27.4 Å². The van der Waals surface area contributed by atoms with E-state index < -0.39 is 6.04 Å². The van der Waals surface area contributed by atoms with E-state index in [1.807, 2.05) is 24.3 Å². The third-order valence-corrected chi connectivity index (χ3v) is 2.55. The predicted molar refractivity (Wildman–Crippen MR) is 76.8 cm³/mol. The van der Waals surface area contributed by atoms with E-state index in [0.717, 1.165) is 17.7 Å². The summed E-state index contributed by atoms with van der Waals surface area (Å²) in [5.74, 6) is 0.635. The average molecular weight is 289 g/mol. The normalized spacial score (nSPS) is 11.3. The van der Waals surface area contributed by atoms with E-state index in [1.54, 1.807) is 7.11 Å². The summed E-state index contributed by atoms with van der Waals surface area (Å²) in [5.41, 5.74) is 6.73. The molecule has 1 atom stereocenters. The van der Waals surface area contributed by atoms with Crippen molar-refractivity contribution >= 4 is 18.3 Å². The molecule has 0 aromatic heterocycles. The fourth-order valence-corrected chi connectivity index (χ4v) is 1.51. The number of nitrogens with one attached hydrogen (secondary N) is 1. The monoisotopic (exact) mass is 288 g/mol. The zero-order valence-electron chi connectivity index (χ0n) is 11.2. The number of carbonyl (C=O) groups is 1. The molecule has 0 fully saturated rings. The summed E-state index contributed by atoms with van der Waals surface area (Å²) < 4.78 is 9.89. The van der Waals surface area contributed by atoms with Gasteiger partial charge in [0, 0.05) is 13.7 Å². The second kappa shape index (κ2) is 9.61. The third kappa shape index (κ3) is 6.42. The molecule has 5 nitrogen and oxygen atoms in total. The minimum atomic E-state index is -0.606. The van der Waals surface area contributed by atoms with Gasteiger partial charge in [-0.15, -0.1) is 12.4 Å². The summed E-state index contributed by atoms with van der Waals surface area (Å²) in [6, 6.07) is 7.13. The summed E-state index contributed by atoms with van der Waals surface area (Å²) in [4.78, 5) is 11.5. The highest BCUT2D eigenvalue weighted by atomic mass is 35.5. The van der Waals surface area contributed by atoms with E-state index in [9.17, 15) is 4.79 Å². The number of amides is 1. The van der Waals surface area contributed by atoms with Crippen LogP contribution in [0.1, 0.15) is 5.56 Å². The van der Waals surface area contributed by atoms with E-state index in [-0.39, 0.29) is 24.9 Å². The summed E-state index contributed by atoms with van der Waals surface area (Å²) in [6.07, 6.45) is 0.759. The molecule has 19 heavy (non-hydrogen) atoms. The van der Waals surface area contributed by atoms with Crippen LogP contribution in [-0.4, -0.2) is 39.3 Å². The Labute approximate surface area is 119 Å². The molecule has 1 unspecified atom stereocenters. The minimum absolute atomic E-state index is 0. The molecule has 1 rings (SSSR count). The third-order valence-electron chi connectivity index (χ3n) is 2.55. The van der Waals surface area contributed by atoms with Crippen LogP contribution in [0.15, 0.2) is 24.3 Å². The van der Waals surface area contributed by atoms with Crippen LogP contribution < -0.4 is 15.8 Å². The summed E-state index contributed by atoms with van der Waals surface area (Å²) >= 11 is 0. The maximum atomic E-state index is 11.5. The zero-order valence-corrected chi connectivity index (χ0v) is 12.0. The van der Waals surface area contributed by atoms with Gasteiger partial charge < -0.3 is 20.5 Å². The lowest BCUT2D eigenvalue weighted by Gasteiger charge is -2.11. The van der Waals surface area contributed by atoms with Gasteiger partial charge >= 0.3 is 0 Å². The molecule has 1 aromatic carbocycles. The van der Waals surface area contributed by atoms with E-state index >= 15 is 0 Å². The Bertz CT molecular complexity index is 371. The number of hydrogen-bond donors (Lipinski definition) is 2. The Morgan fingerprint density at radius 2 is 1.95 bits per heavy atom. The van der Waals surface area contributed by atoms with Gasteiger partial charge in [0.05, 0.1) is 13.7 Å². The largest absolute Gasteiger partial charge is 0.497 e. The van der Waals surface area contributed by atoms with Gasteiger partial charge in [-0.3, -0.25) is 4.79 Å². The first-order valence-electron chi connectivity index (χ1n) is 5.82. The van der Waals surface area contributed by atoms with Crippen molar-refractivity contribution in [2.45, 2.75) is 12.5 Å². The number of methoxy groups -OCH3 is 2. The van der Waals surface area contributed by atoms with Gasteiger partial charge in [-0.05, 0) is 24.1 Å². The van der Waals surface area contributed by atoms with Crippen molar-refractivity contribution in [3.05, 3.63) is 29.8 Å². The van der Waals surface area contributed by atoms with Crippen molar-refractivity contribution in [3.63, 3.8) is 0 Å². The molecule has 3 N–H and O–H groups in total. The van der Waals surface area contributed by atoms with Gasteiger partial charge in [0.15, 0.2) is 0 Å². The molecule has 0 bridgehead atoms. The molecule has 0 heterocycles. The van der Waals surface area contributed by atoms with Crippen LogP contribution in [0.2, 0.25) is 0 Å². The molecule has 108 valence electrons. The van der Waals surface area contributed by atoms with Gasteiger partial charge in [0.25, 0.3) is 0 Å². The van der Waals surface area contributed by atoms with Crippen molar-refractivity contribution < 1.29 is 14.3 Å². The lowest BCUT2D eigenvalue weighted by atomic mass is 10.1. The average Bonchev–Trinajstić information content (AvgIpc) is 2.39. The Hall–Kier alpha value is -1.30. The van der Waals surface area contributed by atoms with E-state index in [2.05, 4.69) is 5.32 Å². The van der Waals surface area contributed by atoms with Gasteiger partial charge in [-0.2, -0.15) is 0 Å². The SMILES string of the molecule is COCC(N)C(=O)NCCc1ccc(OC)cc1.Cl.